The van der Waals surface area contributed by atoms with Crippen molar-refractivity contribution >= 4 is 44.5 Å². The first-order chi connectivity index (χ1) is 22.7. The highest BCUT2D eigenvalue weighted by atomic mass is 14.2. The molecular weight excluding hydrogens is 553 g/mol. The van der Waals surface area contributed by atoms with Gasteiger partial charge in [0.2, 0.25) is 0 Å². The SMILES string of the molecule is C=Cc1c(C=C)c(-c2ccc(-c3cccc4ccccc34)cc2)c2ccccc2c1-c1ccc(-c2ccc3ccccc3c2)cc1. The van der Waals surface area contributed by atoms with Crippen molar-refractivity contribution in [3.8, 4) is 44.5 Å². The summed E-state index contributed by atoms with van der Waals surface area (Å²) in [6.07, 6.45) is 3.98. The zero-order valence-corrected chi connectivity index (χ0v) is 25.6. The summed E-state index contributed by atoms with van der Waals surface area (Å²) in [7, 11) is 0. The van der Waals surface area contributed by atoms with Crippen LogP contribution in [0.5, 0.6) is 0 Å². The maximum Gasteiger partial charge on any atom is -0.00266 e. The minimum absolute atomic E-state index is 1.10. The summed E-state index contributed by atoms with van der Waals surface area (Å²) < 4.78 is 0. The third-order valence-corrected chi connectivity index (χ3v) is 9.23. The molecule has 0 aliphatic carbocycles. The van der Waals surface area contributed by atoms with Gasteiger partial charge in [0.05, 0.1) is 0 Å². The summed E-state index contributed by atoms with van der Waals surface area (Å²) in [5.41, 5.74) is 11.8. The van der Waals surface area contributed by atoms with Crippen LogP contribution in [-0.4, -0.2) is 0 Å². The number of hydrogen-bond acceptors (Lipinski definition) is 0. The van der Waals surface area contributed by atoms with Gasteiger partial charge in [-0.2, -0.15) is 0 Å². The Labute approximate surface area is 270 Å². The molecule has 216 valence electrons. The van der Waals surface area contributed by atoms with Crippen LogP contribution in [0, 0.1) is 0 Å². The molecule has 0 amide bonds. The zero-order chi connectivity index (χ0) is 31.0. The average Bonchev–Trinajstić information content (AvgIpc) is 3.13. The molecule has 0 saturated carbocycles. The van der Waals surface area contributed by atoms with Gasteiger partial charge in [0, 0.05) is 0 Å². The lowest BCUT2D eigenvalue weighted by molar-refractivity contribution is 1.57. The van der Waals surface area contributed by atoms with E-state index >= 15 is 0 Å². The number of hydrogen-bond donors (Lipinski definition) is 0. The standard InChI is InChI=1S/C46H32/c1-3-39-40(4-2)46(36-27-23-34(24-28-36)42-19-11-15-33-13-7-8-16-41(33)42)44-18-10-9-17-43(44)45(39)35-25-20-32(21-26-35)38-29-22-31-12-5-6-14-37(31)30-38/h3-30H,1-2H2. The normalized spacial score (nSPS) is 11.2. The highest BCUT2D eigenvalue weighted by Gasteiger charge is 2.19. The lowest BCUT2D eigenvalue weighted by Crippen LogP contribution is -1.96. The van der Waals surface area contributed by atoms with E-state index in [0.717, 1.165) is 22.3 Å². The number of fused-ring (bicyclic) bond motifs is 3. The van der Waals surface area contributed by atoms with Crippen LogP contribution in [0.3, 0.4) is 0 Å². The Morgan fingerprint density at radius 1 is 0.326 bits per heavy atom. The third kappa shape index (κ3) is 4.64. The maximum absolute atomic E-state index is 4.30. The molecule has 8 aromatic carbocycles. The van der Waals surface area contributed by atoms with Crippen molar-refractivity contribution in [2.24, 2.45) is 0 Å². The minimum Gasteiger partial charge on any atom is -0.0984 e. The fourth-order valence-electron chi connectivity index (χ4n) is 7.02. The second-order valence-electron chi connectivity index (χ2n) is 11.8. The van der Waals surface area contributed by atoms with Gasteiger partial charge in [-0.25, -0.2) is 0 Å². The van der Waals surface area contributed by atoms with E-state index < -0.39 is 0 Å². The highest BCUT2D eigenvalue weighted by molar-refractivity contribution is 6.12. The van der Waals surface area contributed by atoms with E-state index in [0.29, 0.717) is 0 Å². The van der Waals surface area contributed by atoms with Gasteiger partial charge in [0.1, 0.15) is 0 Å². The van der Waals surface area contributed by atoms with Crippen molar-refractivity contribution in [1.82, 2.24) is 0 Å². The fourth-order valence-corrected chi connectivity index (χ4v) is 7.02. The highest BCUT2D eigenvalue weighted by Crippen LogP contribution is 2.44. The summed E-state index contributed by atoms with van der Waals surface area (Å²) in [5.74, 6) is 0. The molecule has 0 nitrogen and oxygen atoms in total. The van der Waals surface area contributed by atoms with Crippen LogP contribution in [0.25, 0.3) is 89.0 Å². The quantitative estimate of drug-likeness (QED) is 0.182. The first kappa shape index (κ1) is 27.6. The Morgan fingerprint density at radius 2 is 0.783 bits per heavy atom. The summed E-state index contributed by atoms with van der Waals surface area (Å²) in [6, 6.07) is 56.9. The minimum atomic E-state index is 1.10. The largest absolute Gasteiger partial charge is 0.0984 e. The topological polar surface area (TPSA) is 0 Å². The molecule has 0 bridgehead atoms. The van der Waals surface area contributed by atoms with Gasteiger partial charge in [0.25, 0.3) is 0 Å². The Hall–Kier alpha value is -5.98. The van der Waals surface area contributed by atoms with E-state index in [4.69, 9.17) is 0 Å². The van der Waals surface area contributed by atoms with Gasteiger partial charge >= 0.3 is 0 Å². The van der Waals surface area contributed by atoms with Crippen LogP contribution in [0.2, 0.25) is 0 Å². The van der Waals surface area contributed by atoms with Crippen LogP contribution < -0.4 is 0 Å². The van der Waals surface area contributed by atoms with Crippen molar-refractivity contribution in [2.75, 3.05) is 0 Å². The monoisotopic (exact) mass is 584 g/mol. The molecule has 46 heavy (non-hydrogen) atoms. The van der Waals surface area contributed by atoms with E-state index in [2.05, 4.69) is 171 Å². The lowest BCUT2D eigenvalue weighted by atomic mass is 9.83. The first-order valence-electron chi connectivity index (χ1n) is 15.8. The average molecular weight is 585 g/mol. The Morgan fingerprint density at radius 3 is 1.39 bits per heavy atom. The number of benzene rings is 8. The molecule has 0 atom stereocenters. The van der Waals surface area contributed by atoms with Crippen molar-refractivity contribution in [1.29, 1.82) is 0 Å². The first-order valence-corrected chi connectivity index (χ1v) is 15.8. The van der Waals surface area contributed by atoms with Gasteiger partial charge in [-0.05, 0) is 94.0 Å². The van der Waals surface area contributed by atoms with Crippen molar-refractivity contribution < 1.29 is 0 Å². The molecule has 0 heterocycles. The lowest BCUT2D eigenvalue weighted by Gasteiger charge is -2.20. The van der Waals surface area contributed by atoms with E-state index in [1.165, 1.54) is 65.7 Å². The van der Waals surface area contributed by atoms with Gasteiger partial charge in [0.15, 0.2) is 0 Å². The molecule has 0 radical (unpaired) electrons. The van der Waals surface area contributed by atoms with Crippen LogP contribution in [0.1, 0.15) is 11.1 Å². The summed E-state index contributed by atoms with van der Waals surface area (Å²) in [6.45, 7) is 8.59. The van der Waals surface area contributed by atoms with Crippen LogP contribution in [0.15, 0.2) is 171 Å². The van der Waals surface area contributed by atoms with Gasteiger partial charge in [-0.1, -0.05) is 177 Å². The molecule has 0 aliphatic rings. The summed E-state index contributed by atoms with van der Waals surface area (Å²) in [4.78, 5) is 0. The summed E-state index contributed by atoms with van der Waals surface area (Å²) in [5, 5.41) is 7.43. The Kier molecular flexibility index (Phi) is 6.89. The predicted octanol–water partition coefficient (Wildman–Crippen LogP) is 13.1. The smallest absolute Gasteiger partial charge is 0.00266 e. The van der Waals surface area contributed by atoms with E-state index in [-0.39, 0.29) is 0 Å². The van der Waals surface area contributed by atoms with E-state index in [1.807, 2.05) is 12.2 Å². The molecule has 0 aliphatic heterocycles. The molecule has 0 unspecified atom stereocenters. The number of rotatable bonds is 6. The molecular formula is C46H32. The van der Waals surface area contributed by atoms with Gasteiger partial charge < -0.3 is 0 Å². The molecule has 0 N–H and O–H groups in total. The van der Waals surface area contributed by atoms with Gasteiger partial charge in [-0.3, -0.25) is 0 Å². The molecule has 8 aromatic rings. The predicted molar refractivity (Wildman–Crippen MR) is 201 cm³/mol. The molecule has 0 spiro atoms. The van der Waals surface area contributed by atoms with Crippen molar-refractivity contribution in [3.05, 3.63) is 182 Å². The molecule has 0 saturated heterocycles. The Bertz CT molecular complexity index is 2420. The molecule has 0 heteroatoms. The molecule has 0 fully saturated rings. The van der Waals surface area contributed by atoms with E-state index in [9.17, 15) is 0 Å². The van der Waals surface area contributed by atoms with Crippen molar-refractivity contribution in [2.45, 2.75) is 0 Å². The van der Waals surface area contributed by atoms with Crippen LogP contribution >= 0.6 is 0 Å². The fraction of sp³-hybridized carbons (Fsp3) is 0. The molecule has 0 aromatic heterocycles. The summed E-state index contributed by atoms with van der Waals surface area (Å²) >= 11 is 0. The van der Waals surface area contributed by atoms with E-state index in [1.54, 1.807) is 0 Å². The van der Waals surface area contributed by atoms with Crippen LogP contribution in [-0.2, 0) is 0 Å². The second kappa shape index (κ2) is 11.5. The zero-order valence-electron chi connectivity index (χ0n) is 25.6. The third-order valence-electron chi connectivity index (χ3n) is 9.23. The van der Waals surface area contributed by atoms with Crippen molar-refractivity contribution in [3.63, 3.8) is 0 Å². The maximum atomic E-state index is 4.30. The molecule has 8 rings (SSSR count). The van der Waals surface area contributed by atoms with Gasteiger partial charge in [-0.15, -0.1) is 0 Å². The Balaban J connectivity index is 1.25. The second-order valence-corrected chi connectivity index (χ2v) is 11.8. The van der Waals surface area contributed by atoms with Crippen LogP contribution in [0.4, 0.5) is 0 Å².